The van der Waals surface area contributed by atoms with Crippen molar-refractivity contribution >= 4 is 22.9 Å². The molecule has 6 nitrogen and oxygen atoms in total. The molecular formula is C30H39FN4O2S. The first kappa shape index (κ1) is 28.2. The van der Waals surface area contributed by atoms with Crippen molar-refractivity contribution in [2.45, 2.75) is 30.9 Å². The molecule has 8 heteroatoms. The fourth-order valence-electron chi connectivity index (χ4n) is 5.20. The summed E-state index contributed by atoms with van der Waals surface area (Å²) in [5.41, 5.74) is 1.99. The van der Waals surface area contributed by atoms with Crippen molar-refractivity contribution in [2.24, 2.45) is 0 Å². The van der Waals surface area contributed by atoms with Gasteiger partial charge in [0, 0.05) is 36.5 Å². The number of anilines is 1. The number of halogens is 1. The molecule has 2 aromatic carbocycles. The van der Waals surface area contributed by atoms with Crippen LogP contribution in [-0.2, 0) is 10.3 Å². The van der Waals surface area contributed by atoms with E-state index in [9.17, 15) is 9.18 Å². The van der Waals surface area contributed by atoms with Gasteiger partial charge in [0.25, 0.3) is 0 Å². The van der Waals surface area contributed by atoms with Crippen LogP contribution in [0.3, 0.4) is 0 Å². The third-order valence-electron chi connectivity index (χ3n) is 7.36. The average Bonchev–Trinajstić information content (AvgIpc) is 3.47. The van der Waals surface area contributed by atoms with Gasteiger partial charge in [0.2, 0.25) is 5.91 Å². The largest absolute Gasteiger partial charge is 0.483 e. The molecule has 4 rings (SSSR count). The van der Waals surface area contributed by atoms with Gasteiger partial charge in [-0.15, -0.1) is 11.3 Å². The first-order chi connectivity index (χ1) is 18.5. The molecule has 38 heavy (non-hydrogen) atoms. The highest BCUT2D eigenvalue weighted by molar-refractivity contribution is 7.10. The fraction of sp³-hybridized carbons (Fsp3) is 0.433. The Morgan fingerprint density at radius 3 is 2.47 bits per heavy atom. The number of ether oxygens (including phenoxy) is 1. The highest BCUT2D eigenvalue weighted by atomic mass is 32.1. The molecule has 1 unspecified atom stereocenters. The van der Waals surface area contributed by atoms with Gasteiger partial charge < -0.3 is 15.4 Å². The molecule has 3 aromatic rings. The zero-order valence-corrected chi connectivity index (χ0v) is 23.2. The second kappa shape index (κ2) is 13.8. The summed E-state index contributed by atoms with van der Waals surface area (Å²) in [6.07, 6.45) is 2.46. The lowest BCUT2D eigenvalue weighted by Gasteiger charge is -2.46. The highest BCUT2D eigenvalue weighted by Gasteiger charge is 2.38. The van der Waals surface area contributed by atoms with Gasteiger partial charge in [-0.1, -0.05) is 48.5 Å². The number of hydrogen-bond acceptors (Lipinski definition) is 6. The molecule has 204 valence electrons. The van der Waals surface area contributed by atoms with Crippen LogP contribution < -0.4 is 15.4 Å². The Balaban J connectivity index is 1.36. The minimum absolute atomic E-state index is 0.00939. The summed E-state index contributed by atoms with van der Waals surface area (Å²) in [6, 6.07) is 22.3. The number of carbonyl (C=O) groups excluding carboxylic acids is 1. The van der Waals surface area contributed by atoms with Crippen LogP contribution >= 0.6 is 11.3 Å². The minimum atomic E-state index is -0.390. The third kappa shape index (κ3) is 7.20. The van der Waals surface area contributed by atoms with Crippen molar-refractivity contribution in [3.05, 3.63) is 82.6 Å². The smallest absolute Gasteiger partial charge is 0.238 e. The Labute approximate surface area is 229 Å². The van der Waals surface area contributed by atoms with Crippen LogP contribution in [0.2, 0.25) is 0 Å². The van der Waals surface area contributed by atoms with Gasteiger partial charge in [-0.25, -0.2) is 4.39 Å². The number of piperidine rings is 1. The van der Waals surface area contributed by atoms with Crippen molar-refractivity contribution in [3.63, 3.8) is 0 Å². The van der Waals surface area contributed by atoms with Crippen molar-refractivity contribution in [2.75, 3.05) is 58.8 Å². The van der Waals surface area contributed by atoms with Crippen LogP contribution in [0.5, 0.6) is 5.75 Å². The maximum atomic E-state index is 13.1. The number of nitrogens with one attached hydrogen (secondary N) is 2. The van der Waals surface area contributed by atoms with Gasteiger partial charge in [0.15, 0.2) is 0 Å². The molecule has 1 aromatic heterocycles. The van der Waals surface area contributed by atoms with E-state index in [1.807, 2.05) is 41.8 Å². The van der Waals surface area contributed by atoms with Crippen molar-refractivity contribution < 1.29 is 13.9 Å². The van der Waals surface area contributed by atoms with Crippen LogP contribution in [0.4, 0.5) is 10.1 Å². The van der Waals surface area contributed by atoms with E-state index in [0.717, 1.165) is 30.8 Å². The molecule has 1 amide bonds. The lowest BCUT2D eigenvalue weighted by molar-refractivity contribution is -0.118. The van der Waals surface area contributed by atoms with Gasteiger partial charge in [0.1, 0.15) is 18.5 Å². The molecule has 0 bridgehead atoms. The summed E-state index contributed by atoms with van der Waals surface area (Å²) in [6.45, 7) is 2.64. The average molecular weight is 539 g/mol. The summed E-state index contributed by atoms with van der Waals surface area (Å²) in [5.74, 6) is 0.592. The molecular weight excluding hydrogens is 499 g/mol. The number of benzene rings is 2. The Morgan fingerprint density at radius 2 is 1.79 bits per heavy atom. The topological polar surface area (TPSA) is 56.8 Å². The van der Waals surface area contributed by atoms with E-state index in [4.69, 9.17) is 4.74 Å². The Morgan fingerprint density at radius 1 is 1.05 bits per heavy atom. The molecule has 1 saturated heterocycles. The molecule has 2 heterocycles. The zero-order chi connectivity index (χ0) is 26.8. The van der Waals surface area contributed by atoms with Crippen LogP contribution in [0, 0.1) is 0 Å². The first-order valence-electron chi connectivity index (χ1n) is 13.3. The van der Waals surface area contributed by atoms with E-state index in [0.29, 0.717) is 37.5 Å². The number of rotatable bonds is 13. The maximum absolute atomic E-state index is 13.1. The van der Waals surface area contributed by atoms with Crippen molar-refractivity contribution in [1.29, 1.82) is 0 Å². The van der Waals surface area contributed by atoms with E-state index >= 15 is 0 Å². The zero-order valence-electron chi connectivity index (χ0n) is 22.4. The SMILES string of the molecule is CN(C)C1(c2ccccc2)CCN(CC(=O)Nc2ccccc2OC(CCNCCF)c2cccs2)CC1. The van der Waals surface area contributed by atoms with E-state index in [1.165, 1.54) is 5.56 Å². The van der Waals surface area contributed by atoms with Crippen molar-refractivity contribution in [1.82, 2.24) is 15.1 Å². The molecule has 1 aliphatic rings. The van der Waals surface area contributed by atoms with Gasteiger partial charge >= 0.3 is 0 Å². The highest BCUT2D eigenvalue weighted by Crippen LogP contribution is 2.37. The third-order valence-corrected chi connectivity index (χ3v) is 8.33. The summed E-state index contributed by atoms with van der Waals surface area (Å²) < 4.78 is 18.9. The van der Waals surface area contributed by atoms with Crippen LogP contribution in [0.25, 0.3) is 0 Å². The first-order valence-corrected chi connectivity index (χ1v) is 14.2. The Kier molecular flexibility index (Phi) is 10.3. The number of nitrogens with zero attached hydrogens (tertiary/aromatic N) is 2. The van der Waals surface area contributed by atoms with Gasteiger partial charge in [-0.2, -0.15) is 0 Å². The number of alkyl halides is 1. The van der Waals surface area contributed by atoms with Gasteiger partial charge in [-0.05, 0) is 62.6 Å². The number of hydrogen-bond donors (Lipinski definition) is 2. The molecule has 0 spiro atoms. The van der Waals surface area contributed by atoms with E-state index in [1.54, 1.807) is 11.3 Å². The van der Waals surface area contributed by atoms with Crippen molar-refractivity contribution in [3.8, 4) is 5.75 Å². The summed E-state index contributed by atoms with van der Waals surface area (Å²) in [7, 11) is 4.29. The number of amides is 1. The van der Waals surface area contributed by atoms with E-state index in [-0.39, 0.29) is 17.6 Å². The summed E-state index contributed by atoms with van der Waals surface area (Å²) in [4.78, 5) is 18.8. The van der Waals surface area contributed by atoms with Gasteiger partial charge in [-0.3, -0.25) is 14.6 Å². The number of para-hydroxylation sites is 2. The van der Waals surface area contributed by atoms with Crippen LogP contribution in [0.15, 0.2) is 72.1 Å². The quantitative estimate of drug-likeness (QED) is 0.289. The Bertz CT molecular complexity index is 1120. The maximum Gasteiger partial charge on any atom is 0.238 e. The molecule has 0 radical (unpaired) electrons. The van der Waals surface area contributed by atoms with Gasteiger partial charge in [0.05, 0.1) is 12.2 Å². The minimum Gasteiger partial charge on any atom is -0.483 e. The molecule has 1 fully saturated rings. The van der Waals surface area contributed by atoms with E-state index in [2.05, 4.69) is 64.9 Å². The monoisotopic (exact) mass is 538 g/mol. The predicted molar refractivity (Wildman–Crippen MR) is 154 cm³/mol. The van der Waals surface area contributed by atoms with Crippen LogP contribution in [0.1, 0.15) is 35.8 Å². The summed E-state index contributed by atoms with van der Waals surface area (Å²) in [5, 5.41) is 8.21. The standard InChI is InChI=1S/C30H39FN4O2S/c1-34(2)30(24-9-4-3-5-10-24)15-20-35(21-16-30)23-29(36)33-25-11-6-7-12-26(25)37-27(14-18-32-19-17-31)28-13-8-22-38-28/h3-13,22,27,32H,14-21,23H2,1-2H3,(H,33,36). The van der Waals surface area contributed by atoms with Crippen LogP contribution in [-0.4, -0.2) is 69.2 Å². The number of likely N-dealkylation sites (tertiary alicyclic amines) is 1. The normalized spacial score (nSPS) is 16.3. The lowest BCUT2D eigenvalue weighted by atomic mass is 9.80. The van der Waals surface area contributed by atoms with E-state index < -0.39 is 6.67 Å². The Hall–Kier alpha value is -2.78. The molecule has 1 aliphatic heterocycles. The summed E-state index contributed by atoms with van der Waals surface area (Å²) >= 11 is 1.63. The molecule has 0 aliphatic carbocycles. The molecule has 2 N–H and O–H groups in total. The fourth-order valence-corrected chi connectivity index (χ4v) is 5.99. The number of thiophene rings is 1. The second-order valence-electron chi connectivity index (χ2n) is 9.96. The predicted octanol–water partition coefficient (Wildman–Crippen LogP) is 5.31. The molecule has 1 atom stereocenters. The second-order valence-corrected chi connectivity index (χ2v) is 10.9. The number of carbonyl (C=O) groups is 1. The lowest BCUT2D eigenvalue weighted by Crippen LogP contribution is -2.51. The molecule has 0 saturated carbocycles.